The Kier molecular flexibility index (Phi) is 4.76. The van der Waals surface area contributed by atoms with Crippen molar-refractivity contribution < 1.29 is 9.50 Å². The van der Waals surface area contributed by atoms with Gasteiger partial charge in [0.15, 0.2) is 0 Å². The van der Waals surface area contributed by atoms with Gasteiger partial charge in [0.25, 0.3) is 0 Å². The largest absolute Gasteiger partial charge is 0.393 e. The van der Waals surface area contributed by atoms with Crippen LogP contribution in [-0.4, -0.2) is 11.2 Å². The van der Waals surface area contributed by atoms with E-state index in [0.717, 1.165) is 18.4 Å². The van der Waals surface area contributed by atoms with Crippen molar-refractivity contribution in [2.75, 3.05) is 0 Å². The van der Waals surface area contributed by atoms with Crippen LogP contribution in [-0.2, 0) is 6.42 Å². The van der Waals surface area contributed by atoms with Crippen LogP contribution in [0.25, 0.3) is 0 Å². The molecule has 15 heavy (non-hydrogen) atoms. The first-order valence-electron chi connectivity index (χ1n) is 5.54. The Labute approximate surface area is 90.9 Å². The summed E-state index contributed by atoms with van der Waals surface area (Å²) < 4.78 is 12.9. The van der Waals surface area contributed by atoms with Gasteiger partial charge in [-0.05, 0) is 36.5 Å². The highest BCUT2D eigenvalue weighted by Crippen LogP contribution is 2.14. The monoisotopic (exact) mass is 210 g/mol. The molecule has 2 heteroatoms. The highest BCUT2D eigenvalue weighted by atomic mass is 19.1. The molecule has 0 radical (unpaired) electrons. The highest BCUT2D eigenvalue weighted by Gasteiger charge is 2.09. The van der Waals surface area contributed by atoms with E-state index in [1.54, 1.807) is 6.07 Å². The van der Waals surface area contributed by atoms with Crippen molar-refractivity contribution >= 4 is 0 Å². The number of aliphatic hydroxyl groups is 1. The summed E-state index contributed by atoms with van der Waals surface area (Å²) in [6, 6.07) is 6.44. The lowest BCUT2D eigenvalue weighted by molar-refractivity contribution is 0.144. The maximum Gasteiger partial charge on any atom is 0.123 e. The SMILES string of the molecule is CCC(C)CC(O)Cc1cccc(F)c1. The highest BCUT2D eigenvalue weighted by molar-refractivity contribution is 5.16. The van der Waals surface area contributed by atoms with Gasteiger partial charge in [0.2, 0.25) is 0 Å². The van der Waals surface area contributed by atoms with Gasteiger partial charge >= 0.3 is 0 Å². The molecule has 0 bridgehead atoms. The fourth-order valence-electron chi connectivity index (χ4n) is 1.65. The van der Waals surface area contributed by atoms with Crippen molar-refractivity contribution in [1.29, 1.82) is 0 Å². The van der Waals surface area contributed by atoms with Gasteiger partial charge in [-0.2, -0.15) is 0 Å². The Bertz CT molecular complexity index is 298. The minimum absolute atomic E-state index is 0.233. The first-order valence-corrected chi connectivity index (χ1v) is 5.54. The first-order chi connectivity index (χ1) is 7.11. The summed E-state index contributed by atoms with van der Waals surface area (Å²) in [5, 5.41) is 9.77. The molecule has 0 amide bonds. The quantitative estimate of drug-likeness (QED) is 0.791. The average molecular weight is 210 g/mol. The number of hydrogen-bond donors (Lipinski definition) is 1. The van der Waals surface area contributed by atoms with Crippen molar-refractivity contribution in [3.05, 3.63) is 35.6 Å². The van der Waals surface area contributed by atoms with Crippen LogP contribution in [0.1, 0.15) is 32.3 Å². The summed E-state index contributed by atoms with van der Waals surface area (Å²) in [6.07, 6.45) is 2.04. The van der Waals surface area contributed by atoms with Crippen molar-refractivity contribution in [3.63, 3.8) is 0 Å². The lowest BCUT2D eigenvalue weighted by atomic mass is 9.97. The minimum Gasteiger partial charge on any atom is -0.393 e. The van der Waals surface area contributed by atoms with Gasteiger partial charge in [-0.3, -0.25) is 0 Å². The van der Waals surface area contributed by atoms with E-state index in [1.807, 2.05) is 6.07 Å². The summed E-state index contributed by atoms with van der Waals surface area (Å²) in [7, 11) is 0. The van der Waals surface area contributed by atoms with Gasteiger partial charge in [-0.15, -0.1) is 0 Å². The third-order valence-corrected chi connectivity index (χ3v) is 2.73. The topological polar surface area (TPSA) is 20.2 Å². The van der Waals surface area contributed by atoms with Crippen LogP contribution in [0.3, 0.4) is 0 Å². The third-order valence-electron chi connectivity index (χ3n) is 2.73. The fraction of sp³-hybridized carbons (Fsp3) is 0.538. The Morgan fingerprint density at radius 2 is 2.13 bits per heavy atom. The maximum atomic E-state index is 12.9. The minimum atomic E-state index is -0.359. The van der Waals surface area contributed by atoms with Crippen LogP contribution in [0.4, 0.5) is 4.39 Å². The summed E-state index contributed by atoms with van der Waals surface area (Å²) in [6.45, 7) is 4.23. The smallest absolute Gasteiger partial charge is 0.123 e. The predicted octanol–water partition coefficient (Wildman–Crippen LogP) is 3.17. The zero-order valence-corrected chi connectivity index (χ0v) is 9.41. The summed E-state index contributed by atoms with van der Waals surface area (Å²) in [5.74, 6) is 0.289. The molecule has 1 nitrogen and oxygen atoms in total. The van der Waals surface area contributed by atoms with E-state index >= 15 is 0 Å². The molecule has 0 aliphatic rings. The molecular weight excluding hydrogens is 191 g/mol. The summed E-state index contributed by atoms with van der Waals surface area (Å²) in [4.78, 5) is 0. The summed E-state index contributed by atoms with van der Waals surface area (Å²) >= 11 is 0. The van der Waals surface area contributed by atoms with Gasteiger partial charge in [0.1, 0.15) is 5.82 Å². The average Bonchev–Trinajstić information content (AvgIpc) is 2.17. The van der Waals surface area contributed by atoms with Gasteiger partial charge in [0, 0.05) is 0 Å². The molecule has 1 N–H and O–H groups in total. The number of rotatable bonds is 5. The molecule has 0 aliphatic heterocycles. The Hall–Kier alpha value is -0.890. The molecular formula is C13H19FO. The Morgan fingerprint density at radius 1 is 1.40 bits per heavy atom. The molecule has 0 saturated heterocycles. The van der Waals surface area contributed by atoms with Gasteiger partial charge < -0.3 is 5.11 Å². The van der Waals surface area contributed by atoms with Crippen LogP contribution < -0.4 is 0 Å². The fourth-order valence-corrected chi connectivity index (χ4v) is 1.65. The lowest BCUT2D eigenvalue weighted by Crippen LogP contribution is -2.14. The Balaban J connectivity index is 2.47. The first kappa shape index (κ1) is 12.2. The second-order valence-corrected chi connectivity index (χ2v) is 4.24. The van der Waals surface area contributed by atoms with Gasteiger partial charge in [-0.25, -0.2) is 4.39 Å². The molecule has 0 fully saturated rings. The van der Waals surface area contributed by atoms with E-state index in [-0.39, 0.29) is 11.9 Å². The van der Waals surface area contributed by atoms with Crippen LogP contribution in [0.2, 0.25) is 0 Å². The molecule has 0 saturated carbocycles. The van der Waals surface area contributed by atoms with Crippen LogP contribution in [0.5, 0.6) is 0 Å². The zero-order valence-electron chi connectivity index (χ0n) is 9.41. The van der Waals surface area contributed by atoms with E-state index in [2.05, 4.69) is 13.8 Å². The van der Waals surface area contributed by atoms with Crippen LogP contribution in [0, 0.1) is 11.7 Å². The number of halogens is 1. The molecule has 0 aromatic heterocycles. The molecule has 2 atom stereocenters. The van der Waals surface area contributed by atoms with Gasteiger partial charge in [0.05, 0.1) is 6.10 Å². The van der Waals surface area contributed by atoms with E-state index in [1.165, 1.54) is 12.1 Å². The van der Waals surface area contributed by atoms with Crippen LogP contribution in [0.15, 0.2) is 24.3 Å². The van der Waals surface area contributed by atoms with E-state index in [0.29, 0.717) is 12.3 Å². The molecule has 84 valence electrons. The normalized spacial score (nSPS) is 14.9. The molecule has 2 unspecified atom stereocenters. The van der Waals surface area contributed by atoms with Gasteiger partial charge in [-0.1, -0.05) is 32.4 Å². The molecule has 0 spiro atoms. The second-order valence-electron chi connectivity index (χ2n) is 4.24. The van der Waals surface area contributed by atoms with Crippen molar-refractivity contribution in [3.8, 4) is 0 Å². The molecule has 1 aromatic carbocycles. The molecule has 1 rings (SSSR count). The standard InChI is InChI=1S/C13H19FO/c1-3-10(2)7-13(15)9-11-5-4-6-12(14)8-11/h4-6,8,10,13,15H,3,7,9H2,1-2H3. The number of benzene rings is 1. The summed E-state index contributed by atoms with van der Waals surface area (Å²) in [5.41, 5.74) is 0.866. The van der Waals surface area contributed by atoms with Crippen molar-refractivity contribution in [1.82, 2.24) is 0 Å². The molecule has 0 heterocycles. The third kappa shape index (κ3) is 4.43. The Morgan fingerprint density at radius 3 is 2.73 bits per heavy atom. The van der Waals surface area contributed by atoms with Crippen molar-refractivity contribution in [2.45, 2.75) is 39.2 Å². The predicted molar refractivity (Wildman–Crippen MR) is 60.2 cm³/mol. The second kappa shape index (κ2) is 5.86. The number of hydrogen-bond acceptors (Lipinski definition) is 1. The molecule has 1 aromatic rings. The lowest BCUT2D eigenvalue weighted by Gasteiger charge is -2.14. The van der Waals surface area contributed by atoms with Crippen LogP contribution >= 0.6 is 0 Å². The zero-order chi connectivity index (χ0) is 11.3. The van der Waals surface area contributed by atoms with E-state index in [4.69, 9.17) is 0 Å². The molecule has 0 aliphatic carbocycles. The van der Waals surface area contributed by atoms with E-state index in [9.17, 15) is 9.50 Å². The maximum absolute atomic E-state index is 12.9. The van der Waals surface area contributed by atoms with E-state index < -0.39 is 0 Å². The number of aliphatic hydroxyl groups excluding tert-OH is 1. The van der Waals surface area contributed by atoms with Crippen molar-refractivity contribution in [2.24, 2.45) is 5.92 Å².